The van der Waals surface area contributed by atoms with E-state index in [1.807, 2.05) is 0 Å². The Morgan fingerprint density at radius 1 is 1.86 bits per heavy atom. The third-order valence-electron chi connectivity index (χ3n) is 0.926. The lowest BCUT2D eigenvalue weighted by Crippen LogP contribution is -2.34. The molecule has 0 aliphatic carbocycles. The Bertz CT molecular complexity index is 67.3. The summed E-state index contributed by atoms with van der Waals surface area (Å²) in [6.45, 7) is 0.569. The van der Waals surface area contributed by atoms with E-state index in [0.717, 1.165) is 6.32 Å². The summed E-state index contributed by atoms with van der Waals surface area (Å²) in [6.07, 6.45) is 0.778. The first-order chi connectivity index (χ1) is 3.21. The molecule has 1 atom stereocenters. The molecule has 0 aromatic rings. The molecule has 39 valence electrons. The highest BCUT2D eigenvalue weighted by Crippen LogP contribution is 2.08. The third-order valence-corrected chi connectivity index (χ3v) is 0.926. The summed E-state index contributed by atoms with van der Waals surface area (Å²) >= 11 is 0. The van der Waals surface area contributed by atoms with Crippen LogP contribution in [0.15, 0.2) is 0 Å². The van der Waals surface area contributed by atoms with E-state index in [9.17, 15) is 5.21 Å². The van der Waals surface area contributed by atoms with Gasteiger partial charge in [0.25, 0.3) is 0 Å². The molecule has 0 aromatic carbocycles. The molecule has 0 aromatic heterocycles. The van der Waals surface area contributed by atoms with E-state index in [2.05, 4.69) is 4.84 Å². The summed E-state index contributed by atoms with van der Waals surface area (Å²) in [5.41, 5.74) is 0. The van der Waals surface area contributed by atoms with Crippen molar-refractivity contribution in [2.75, 3.05) is 13.7 Å². The maximum absolute atomic E-state index is 10.6. The molecule has 1 aliphatic rings. The Morgan fingerprint density at radius 3 is 2.71 bits per heavy atom. The molecule has 1 rings (SSSR count). The van der Waals surface area contributed by atoms with E-state index < -0.39 is 4.72 Å². The molecule has 0 spiro atoms. The van der Waals surface area contributed by atoms with Gasteiger partial charge < -0.3 is 5.21 Å². The predicted molar refractivity (Wildman–Crippen MR) is 26.1 cm³/mol. The molecule has 0 saturated carbocycles. The molecular formula is C3H7BNO2. The standard InChI is InChI=1S/C3H7BNO2/c1-5(6)4-2-3-7-5/h2-3H2,1H3. The fourth-order valence-electron chi connectivity index (χ4n) is 0.574. The summed E-state index contributed by atoms with van der Waals surface area (Å²) in [6, 6.07) is 0. The van der Waals surface area contributed by atoms with Gasteiger partial charge in [0.05, 0.1) is 7.05 Å². The van der Waals surface area contributed by atoms with Crippen molar-refractivity contribution < 1.29 is 9.56 Å². The zero-order valence-electron chi connectivity index (χ0n) is 4.26. The van der Waals surface area contributed by atoms with Gasteiger partial charge in [-0.05, 0) is 0 Å². The minimum absolute atomic E-state index is 0.569. The maximum Gasteiger partial charge on any atom is 0.484 e. The summed E-state index contributed by atoms with van der Waals surface area (Å²) in [5, 5.41) is 10.6. The fourth-order valence-corrected chi connectivity index (χ4v) is 0.574. The number of rotatable bonds is 0. The molecule has 1 radical (unpaired) electrons. The zero-order valence-corrected chi connectivity index (χ0v) is 4.26. The average Bonchev–Trinajstić information content (AvgIpc) is 1.84. The van der Waals surface area contributed by atoms with Gasteiger partial charge in [-0.15, -0.1) is 0 Å². The van der Waals surface area contributed by atoms with Crippen LogP contribution in [0.1, 0.15) is 0 Å². The molecule has 1 saturated heterocycles. The lowest BCUT2D eigenvalue weighted by molar-refractivity contribution is -0.954. The van der Waals surface area contributed by atoms with E-state index in [-0.39, 0.29) is 0 Å². The van der Waals surface area contributed by atoms with Gasteiger partial charge in [-0.25, -0.2) is 4.84 Å². The first-order valence-electron chi connectivity index (χ1n) is 2.27. The normalized spacial score (nSPS) is 40.9. The Labute approximate surface area is 43.3 Å². The van der Waals surface area contributed by atoms with E-state index in [1.54, 1.807) is 7.41 Å². The van der Waals surface area contributed by atoms with Crippen LogP contribution >= 0.6 is 0 Å². The van der Waals surface area contributed by atoms with Crippen molar-refractivity contribution in [1.29, 1.82) is 0 Å². The lowest BCUT2D eigenvalue weighted by Gasteiger charge is -2.28. The van der Waals surface area contributed by atoms with Crippen molar-refractivity contribution in [3.63, 3.8) is 0 Å². The number of quaternary nitrogens is 1. The molecule has 0 bridgehead atoms. The highest BCUT2D eigenvalue weighted by atomic mass is 16.9. The van der Waals surface area contributed by atoms with E-state index in [1.165, 1.54) is 7.05 Å². The van der Waals surface area contributed by atoms with Crippen molar-refractivity contribution in [3.8, 4) is 0 Å². The Hall–Kier alpha value is -0.0551. The second-order valence-corrected chi connectivity index (χ2v) is 1.71. The topological polar surface area (TPSA) is 32.3 Å². The largest absolute Gasteiger partial charge is 0.621 e. The smallest absolute Gasteiger partial charge is 0.484 e. The number of nitrogens with zero attached hydrogens (tertiary/aromatic N) is 1. The van der Waals surface area contributed by atoms with Crippen molar-refractivity contribution in [3.05, 3.63) is 5.21 Å². The van der Waals surface area contributed by atoms with Crippen molar-refractivity contribution in [1.82, 2.24) is 0 Å². The molecule has 0 amide bonds. The third kappa shape index (κ3) is 1.16. The SMILES string of the molecule is C[N+]1([O-])[B]CCO1. The molecular weight excluding hydrogens is 92.8 g/mol. The van der Waals surface area contributed by atoms with Gasteiger partial charge in [0.15, 0.2) is 0 Å². The van der Waals surface area contributed by atoms with Crippen molar-refractivity contribution in [2.45, 2.75) is 6.32 Å². The van der Waals surface area contributed by atoms with Crippen LogP contribution in [0.4, 0.5) is 0 Å². The van der Waals surface area contributed by atoms with Crippen LogP contribution in [0, 0.1) is 5.21 Å². The average molecular weight is 99.9 g/mol. The lowest BCUT2D eigenvalue weighted by atomic mass is 9.91. The summed E-state index contributed by atoms with van der Waals surface area (Å²) in [4.78, 5) is 4.67. The second-order valence-electron chi connectivity index (χ2n) is 1.71. The van der Waals surface area contributed by atoms with Gasteiger partial charge in [0.1, 0.15) is 6.61 Å². The van der Waals surface area contributed by atoms with Crippen LogP contribution in [0.5, 0.6) is 0 Å². The van der Waals surface area contributed by atoms with Crippen LogP contribution in [0.2, 0.25) is 6.32 Å². The van der Waals surface area contributed by atoms with Crippen LogP contribution in [-0.4, -0.2) is 25.8 Å². The Kier molecular flexibility index (Phi) is 1.07. The minimum Gasteiger partial charge on any atom is -0.621 e. The van der Waals surface area contributed by atoms with Crippen LogP contribution in [0.25, 0.3) is 0 Å². The van der Waals surface area contributed by atoms with E-state index in [0.29, 0.717) is 6.61 Å². The van der Waals surface area contributed by atoms with Gasteiger partial charge in [-0.2, -0.15) is 0 Å². The highest BCUT2D eigenvalue weighted by molar-refractivity contribution is 6.26. The molecule has 1 aliphatic heterocycles. The van der Waals surface area contributed by atoms with E-state index in [4.69, 9.17) is 0 Å². The molecule has 0 N–H and O–H groups in total. The first kappa shape index (κ1) is 5.09. The summed E-state index contributed by atoms with van der Waals surface area (Å²) in [5.74, 6) is 0. The highest BCUT2D eigenvalue weighted by Gasteiger charge is 2.23. The monoisotopic (exact) mass is 100 g/mol. The number of hydrogen-bond donors (Lipinski definition) is 0. The van der Waals surface area contributed by atoms with Crippen LogP contribution in [-0.2, 0) is 4.84 Å². The van der Waals surface area contributed by atoms with Gasteiger partial charge in [0, 0.05) is 6.32 Å². The fraction of sp³-hybridized carbons (Fsp3) is 1.00. The quantitative estimate of drug-likeness (QED) is 0.314. The van der Waals surface area contributed by atoms with Crippen LogP contribution < -0.4 is 0 Å². The minimum atomic E-state index is -0.625. The Balaban J connectivity index is 2.40. The van der Waals surface area contributed by atoms with Gasteiger partial charge >= 0.3 is 7.41 Å². The first-order valence-corrected chi connectivity index (χ1v) is 2.27. The molecule has 3 nitrogen and oxygen atoms in total. The van der Waals surface area contributed by atoms with Crippen molar-refractivity contribution >= 4 is 7.41 Å². The van der Waals surface area contributed by atoms with Gasteiger partial charge in [0.2, 0.25) is 0 Å². The molecule has 7 heavy (non-hydrogen) atoms. The van der Waals surface area contributed by atoms with Gasteiger partial charge in [-0.3, -0.25) is 4.72 Å². The molecule has 1 fully saturated rings. The number of hydroxylamine groups is 2. The number of hydrogen-bond acceptors (Lipinski definition) is 2. The van der Waals surface area contributed by atoms with Crippen molar-refractivity contribution in [2.24, 2.45) is 0 Å². The Morgan fingerprint density at radius 2 is 2.57 bits per heavy atom. The van der Waals surface area contributed by atoms with Gasteiger partial charge in [-0.1, -0.05) is 0 Å². The summed E-state index contributed by atoms with van der Waals surface area (Å²) < 4.78 is -0.625. The predicted octanol–water partition coefficient (Wildman–Crippen LogP) is -0.0865. The maximum atomic E-state index is 10.6. The molecule has 1 unspecified atom stereocenters. The molecule has 1 heterocycles. The van der Waals surface area contributed by atoms with Crippen LogP contribution in [0.3, 0.4) is 0 Å². The zero-order chi connectivity index (χ0) is 5.33. The summed E-state index contributed by atoms with van der Waals surface area (Å²) in [7, 11) is 3.05. The molecule has 4 heteroatoms. The second kappa shape index (κ2) is 1.47. The van der Waals surface area contributed by atoms with E-state index >= 15 is 0 Å².